The van der Waals surface area contributed by atoms with Gasteiger partial charge in [-0.2, -0.15) is 5.26 Å². The number of hydrogen-bond acceptors (Lipinski definition) is 5. The molecule has 3 N–H and O–H groups in total. The molecule has 0 spiro atoms. The first kappa shape index (κ1) is 17.7. The molecule has 1 aliphatic heterocycles. The molecule has 0 atom stereocenters. The second-order valence-electron chi connectivity index (χ2n) is 5.04. The molecule has 0 saturated carbocycles. The fourth-order valence-electron chi connectivity index (χ4n) is 2.22. The van der Waals surface area contributed by atoms with E-state index >= 15 is 0 Å². The summed E-state index contributed by atoms with van der Waals surface area (Å²) in [7, 11) is 0. The van der Waals surface area contributed by atoms with Crippen molar-refractivity contribution in [2.24, 2.45) is 11.7 Å². The van der Waals surface area contributed by atoms with E-state index in [4.69, 9.17) is 16.1 Å². The molecule has 8 nitrogen and oxygen atoms in total. The topological polar surface area (TPSA) is 128 Å². The van der Waals surface area contributed by atoms with Gasteiger partial charge in [0.2, 0.25) is 6.41 Å². The quantitative estimate of drug-likeness (QED) is 0.371. The van der Waals surface area contributed by atoms with Crippen LogP contribution in [-0.4, -0.2) is 59.4 Å². The van der Waals surface area contributed by atoms with Crippen molar-refractivity contribution < 1.29 is 19.5 Å². The normalized spacial score (nSPS) is 16.0. The number of hydrogen-bond donors (Lipinski definition) is 2. The summed E-state index contributed by atoms with van der Waals surface area (Å²) in [6.07, 6.45) is 3.05. The molecule has 1 fully saturated rings. The van der Waals surface area contributed by atoms with E-state index in [9.17, 15) is 14.4 Å². The molecule has 8 heteroatoms. The zero-order valence-electron chi connectivity index (χ0n) is 12.3. The maximum absolute atomic E-state index is 12.3. The summed E-state index contributed by atoms with van der Waals surface area (Å²) >= 11 is 0. The Bertz CT molecular complexity index is 490. The molecule has 2 amide bonds. The lowest BCUT2D eigenvalue weighted by atomic mass is 9.97. The van der Waals surface area contributed by atoms with Crippen LogP contribution >= 0.6 is 0 Å². The van der Waals surface area contributed by atoms with Crippen molar-refractivity contribution in [3.05, 3.63) is 11.8 Å². The van der Waals surface area contributed by atoms with Crippen molar-refractivity contribution in [2.75, 3.05) is 26.2 Å². The van der Waals surface area contributed by atoms with E-state index in [-0.39, 0.29) is 5.57 Å². The number of piperidine rings is 1. The highest BCUT2D eigenvalue weighted by atomic mass is 16.4. The third kappa shape index (κ3) is 4.86. The Labute approximate surface area is 128 Å². The Morgan fingerprint density at radius 1 is 1.41 bits per heavy atom. The number of carbonyl (C=O) groups excluding carboxylic acids is 2. The molecular weight excluding hydrogens is 288 g/mol. The van der Waals surface area contributed by atoms with E-state index in [1.165, 1.54) is 16.0 Å². The number of nitrogens with zero attached hydrogens (tertiary/aromatic N) is 3. The smallest absolute Gasteiger partial charge is 0.306 e. The first-order valence-electron chi connectivity index (χ1n) is 7.08. The van der Waals surface area contributed by atoms with Gasteiger partial charge in [0, 0.05) is 25.8 Å². The molecule has 0 aromatic heterocycles. The van der Waals surface area contributed by atoms with E-state index in [1.54, 1.807) is 6.07 Å². The van der Waals surface area contributed by atoms with Crippen molar-refractivity contribution in [1.82, 2.24) is 9.80 Å². The Balaban J connectivity index is 2.70. The lowest BCUT2D eigenvalue weighted by molar-refractivity contribution is -0.145. The van der Waals surface area contributed by atoms with Crippen LogP contribution < -0.4 is 5.73 Å². The van der Waals surface area contributed by atoms with Gasteiger partial charge in [-0.25, -0.2) is 0 Å². The van der Waals surface area contributed by atoms with Gasteiger partial charge in [0.25, 0.3) is 5.91 Å². The number of aliphatic carboxylic acids is 1. The predicted molar refractivity (Wildman–Crippen MR) is 77.1 cm³/mol. The van der Waals surface area contributed by atoms with Crippen LogP contribution in [0.5, 0.6) is 0 Å². The van der Waals surface area contributed by atoms with Crippen LogP contribution in [0, 0.1) is 17.2 Å². The zero-order chi connectivity index (χ0) is 16.5. The summed E-state index contributed by atoms with van der Waals surface area (Å²) in [6.45, 7) is 1.31. The molecule has 0 aromatic carbocycles. The molecule has 120 valence electrons. The number of carboxylic acid groups (broad SMARTS) is 1. The molecule has 0 unspecified atom stereocenters. The minimum atomic E-state index is -0.864. The standard InChI is InChI=1S/C14H20N4O4/c15-4-1-5-17(10-19)9-12(8-16)13(20)18-6-2-11(3-7-18)14(21)22/h9-11H,1-7,15H2,(H,21,22)/b12-9-. The summed E-state index contributed by atoms with van der Waals surface area (Å²) in [5, 5.41) is 18.0. The monoisotopic (exact) mass is 308 g/mol. The minimum absolute atomic E-state index is 0.141. The molecule has 0 radical (unpaired) electrons. The van der Waals surface area contributed by atoms with Gasteiger partial charge in [-0.15, -0.1) is 0 Å². The maximum atomic E-state index is 12.3. The third-order valence-corrected chi connectivity index (χ3v) is 3.53. The SMILES string of the molecule is N#C/C(=C/N(C=O)CCCN)C(=O)N1CCC(C(=O)O)CC1. The van der Waals surface area contributed by atoms with Crippen LogP contribution in [0.2, 0.25) is 0 Å². The van der Waals surface area contributed by atoms with Crippen molar-refractivity contribution >= 4 is 18.3 Å². The van der Waals surface area contributed by atoms with Gasteiger partial charge in [-0.1, -0.05) is 0 Å². The van der Waals surface area contributed by atoms with E-state index in [0.29, 0.717) is 51.9 Å². The summed E-state index contributed by atoms with van der Waals surface area (Å²) in [6, 6.07) is 1.80. The van der Waals surface area contributed by atoms with Crippen molar-refractivity contribution in [3.63, 3.8) is 0 Å². The Kier molecular flexibility index (Phi) is 7.05. The number of amides is 2. The average Bonchev–Trinajstić information content (AvgIpc) is 2.54. The molecule has 0 aromatic rings. The van der Waals surface area contributed by atoms with Crippen molar-refractivity contribution in [1.29, 1.82) is 5.26 Å². The summed E-state index contributed by atoms with van der Waals surface area (Å²) in [5.41, 5.74) is 5.22. The van der Waals surface area contributed by atoms with Crippen LogP contribution in [0.3, 0.4) is 0 Å². The fraction of sp³-hybridized carbons (Fsp3) is 0.571. The number of carbonyl (C=O) groups is 3. The maximum Gasteiger partial charge on any atom is 0.306 e. The highest BCUT2D eigenvalue weighted by Crippen LogP contribution is 2.18. The highest BCUT2D eigenvalue weighted by Gasteiger charge is 2.28. The molecule has 0 aliphatic carbocycles. The largest absolute Gasteiger partial charge is 0.481 e. The lowest BCUT2D eigenvalue weighted by Crippen LogP contribution is -2.41. The van der Waals surface area contributed by atoms with Gasteiger partial charge in [0.1, 0.15) is 11.6 Å². The Morgan fingerprint density at radius 2 is 2.05 bits per heavy atom. The van der Waals surface area contributed by atoms with Crippen molar-refractivity contribution in [2.45, 2.75) is 19.3 Å². The molecule has 22 heavy (non-hydrogen) atoms. The van der Waals surface area contributed by atoms with Gasteiger partial charge >= 0.3 is 5.97 Å². The summed E-state index contributed by atoms with van der Waals surface area (Å²) < 4.78 is 0. The zero-order valence-corrected chi connectivity index (χ0v) is 12.3. The molecular formula is C14H20N4O4. The van der Waals surface area contributed by atoms with Crippen LogP contribution in [-0.2, 0) is 14.4 Å². The second kappa shape index (κ2) is 8.79. The van der Waals surface area contributed by atoms with Gasteiger partial charge in [-0.3, -0.25) is 14.4 Å². The summed E-state index contributed by atoms with van der Waals surface area (Å²) in [5.74, 6) is -1.79. The lowest BCUT2D eigenvalue weighted by Gasteiger charge is -2.30. The van der Waals surface area contributed by atoms with Crippen LogP contribution in [0.1, 0.15) is 19.3 Å². The number of likely N-dealkylation sites (tertiary alicyclic amines) is 1. The predicted octanol–water partition coefficient (Wildman–Crippen LogP) is -0.476. The molecule has 1 saturated heterocycles. The molecule has 0 bridgehead atoms. The van der Waals surface area contributed by atoms with Crippen molar-refractivity contribution in [3.8, 4) is 6.07 Å². The van der Waals surface area contributed by atoms with E-state index in [0.717, 1.165) is 0 Å². The number of carboxylic acids is 1. The average molecular weight is 308 g/mol. The molecule has 1 heterocycles. The number of nitriles is 1. The van der Waals surface area contributed by atoms with E-state index < -0.39 is 17.8 Å². The molecule has 1 rings (SSSR count). The Hall–Kier alpha value is -2.40. The van der Waals surface area contributed by atoms with Gasteiger partial charge < -0.3 is 20.6 Å². The highest BCUT2D eigenvalue weighted by molar-refractivity contribution is 5.97. The summed E-state index contributed by atoms with van der Waals surface area (Å²) in [4.78, 5) is 36.7. The third-order valence-electron chi connectivity index (χ3n) is 3.53. The Morgan fingerprint density at radius 3 is 2.50 bits per heavy atom. The van der Waals surface area contributed by atoms with Gasteiger partial charge in [-0.05, 0) is 25.8 Å². The van der Waals surface area contributed by atoms with Gasteiger partial charge in [0.05, 0.1) is 5.92 Å². The molecule has 1 aliphatic rings. The van der Waals surface area contributed by atoms with Crippen LogP contribution in [0.15, 0.2) is 11.8 Å². The first-order valence-corrected chi connectivity index (χ1v) is 7.08. The van der Waals surface area contributed by atoms with E-state index in [2.05, 4.69) is 0 Å². The van der Waals surface area contributed by atoms with E-state index in [1.807, 2.05) is 0 Å². The number of nitrogens with two attached hydrogens (primary N) is 1. The fourth-order valence-corrected chi connectivity index (χ4v) is 2.22. The first-order chi connectivity index (χ1) is 10.5. The second-order valence-corrected chi connectivity index (χ2v) is 5.04. The van der Waals surface area contributed by atoms with Gasteiger partial charge in [0.15, 0.2) is 0 Å². The van der Waals surface area contributed by atoms with Crippen LogP contribution in [0.25, 0.3) is 0 Å². The van der Waals surface area contributed by atoms with Crippen LogP contribution in [0.4, 0.5) is 0 Å². The number of rotatable bonds is 7. The minimum Gasteiger partial charge on any atom is -0.481 e.